The number of amides is 3. The van der Waals surface area contributed by atoms with Crippen LogP contribution in [0, 0.1) is 13.8 Å². The minimum Gasteiger partial charge on any atom is -0.461 e. The lowest BCUT2D eigenvalue weighted by Crippen LogP contribution is -2.37. The molecule has 2 heterocycles. The monoisotopic (exact) mass is 397 g/mol. The van der Waals surface area contributed by atoms with Crippen molar-refractivity contribution in [2.75, 3.05) is 18.1 Å². The standard InChI is InChI=1S/C21H23N3O5/c1-5-29-20(27)18-12(2)17(13(3)22-18)16(25)11-23-19(26)14(4)24(21(23)28)15-9-7-6-8-10-15/h6-10,14,22H,5,11H2,1-4H3. The Morgan fingerprint density at radius 3 is 2.41 bits per heavy atom. The van der Waals surface area contributed by atoms with E-state index in [1.807, 2.05) is 6.07 Å². The van der Waals surface area contributed by atoms with Crippen molar-refractivity contribution in [3.63, 3.8) is 0 Å². The molecule has 1 unspecified atom stereocenters. The van der Waals surface area contributed by atoms with E-state index in [1.165, 1.54) is 4.90 Å². The van der Waals surface area contributed by atoms with Gasteiger partial charge in [0, 0.05) is 16.9 Å². The number of aromatic amines is 1. The second-order valence-corrected chi connectivity index (χ2v) is 6.86. The van der Waals surface area contributed by atoms with E-state index in [4.69, 9.17) is 4.74 Å². The molecule has 29 heavy (non-hydrogen) atoms. The fourth-order valence-corrected chi connectivity index (χ4v) is 3.59. The minimum absolute atomic E-state index is 0.200. The summed E-state index contributed by atoms with van der Waals surface area (Å²) in [6, 6.07) is 7.59. The molecule has 3 amide bonds. The molecule has 1 atom stereocenters. The number of ether oxygens (including phenoxy) is 1. The summed E-state index contributed by atoms with van der Waals surface area (Å²) >= 11 is 0. The van der Waals surface area contributed by atoms with E-state index >= 15 is 0 Å². The molecular weight excluding hydrogens is 374 g/mol. The molecule has 2 aromatic rings. The third-order valence-electron chi connectivity index (χ3n) is 4.98. The summed E-state index contributed by atoms with van der Waals surface area (Å²) in [6.07, 6.45) is 0. The van der Waals surface area contributed by atoms with Gasteiger partial charge in [0.2, 0.25) is 0 Å². The first-order chi connectivity index (χ1) is 13.8. The highest BCUT2D eigenvalue weighted by Gasteiger charge is 2.44. The van der Waals surface area contributed by atoms with Crippen LogP contribution in [-0.4, -0.2) is 52.8 Å². The molecule has 1 N–H and O–H groups in total. The first-order valence-electron chi connectivity index (χ1n) is 9.37. The fourth-order valence-electron chi connectivity index (χ4n) is 3.59. The number of aryl methyl sites for hydroxylation is 1. The second kappa shape index (κ2) is 7.90. The Bertz CT molecular complexity index is 980. The van der Waals surface area contributed by atoms with E-state index in [0.29, 0.717) is 22.5 Å². The lowest BCUT2D eigenvalue weighted by molar-refractivity contribution is -0.126. The minimum atomic E-state index is -0.707. The van der Waals surface area contributed by atoms with E-state index < -0.39 is 36.3 Å². The molecule has 1 saturated heterocycles. The van der Waals surface area contributed by atoms with Gasteiger partial charge in [-0.3, -0.25) is 19.4 Å². The number of hydrogen-bond donors (Lipinski definition) is 1. The molecule has 0 saturated carbocycles. The maximum atomic E-state index is 12.9. The average molecular weight is 397 g/mol. The lowest BCUT2D eigenvalue weighted by Gasteiger charge is -2.19. The SMILES string of the molecule is CCOC(=O)c1[nH]c(C)c(C(=O)CN2C(=O)C(C)N(c3ccccc3)C2=O)c1C. The van der Waals surface area contributed by atoms with Crippen LogP contribution in [-0.2, 0) is 9.53 Å². The summed E-state index contributed by atoms with van der Waals surface area (Å²) in [4.78, 5) is 55.7. The summed E-state index contributed by atoms with van der Waals surface area (Å²) in [7, 11) is 0. The molecule has 0 aliphatic carbocycles. The summed E-state index contributed by atoms with van der Waals surface area (Å²) in [5, 5.41) is 0. The summed E-state index contributed by atoms with van der Waals surface area (Å²) in [5.41, 5.74) is 2.01. The van der Waals surface area contributed by atoms with Crippen LogP contribution in [0.25, 0.3) is 0 Å². The summed E-state index contributed by atoms with van der Waals surface area (Å²) < 4.78 is 4.99. The van der Waals surface area contributed by atoms with Crippen LogP contribution >= 0.6 is 0 Å². The van der Waals surface area contributed by atoms with Gasteiger partial charge in [0.05, 0.1) is 13.2 Å². The number of benzene rings is 1. The van der Waals surface area contributed by atoms with Crippen molar-refractivity contribution in [3.8, 4) is 0 Å². The topological polar surface area (TPSA) is 99.8 Å². The van der Waals surface area contributed by atoms with Crippen molar-refractivity contribution in [2.24, 2.45) is 0 Å². The number of nitrogens with zero attached hydrogens (tertiary/aromatic N) is 2. The lowest BCUT2D eigenvalue weighted by atomic mass is 10.1. The number of hydrogen-bond acceptors (Lipinski definition) is 5. The zero-order valence-corrected chi connectivity index (χ0v) is 16.8. The molecule has 1 fully saturated rings. The number of esters is 1. The first kappa shape index (κ1) is 20.3. The van der Waals surface area contributed by atoms with Crippen LogP contribution in [0.5, 0.6) is 0 Å². The van der Waals surface area contributed by atoms with Crippen LogP contribution in [0.1, 0.15) is 46.0 Å². The number of para-hydroxylation sites is 1. The number of Topliss-reactive ketones (excluding diaryl/α,β-unsaturated/α-hetero) is 1. The predicted octanol–water partition coefficient (Wildman–Crippen LogP) is 2.85. The van der Waals surface area contributed by atoms with Crippen molar-refractivity contribution in [2.45, 2.75) is 33.7 Å². The Kier molecular flexibility index (Phi) is 5.54. The average Bonchev–Trinajstić information content (AvgIpc) is 3.10. The maximum absolute atomic E-state index is 12.9. The van der Waals surface area contributed by atoms with Crippen LogP contribution in [0.15, 0.2) is 30.3 Å². The Hall–Kier alpha value is -3.42. The Balaban J connectivity index is 1.85. The van der Waals surface area contributed by atoms with Gasteiger partial charge >= 0.3 is 12.0 Å². The van der Waals surface area contributed by atoms with Gasteiger partial charge in [-0.25, -0.2) is 9.59 Å². The number of imide groups is 1. The molecule has 152 valence electrons. The largest absolute Gasteiger partial charge is 0.461 e. The summed E-state index contributed by atoms with van der Waals surface area (Å²) in [5.74, 6) is -1.41. The number of carbonyl (C=O) groups is 4. The van der Waals surface area contributed by atoms with Gasteiger partial charge in [-0.05, 0) is 45.4 Å². The highest BCUT2D eigenvalue weighted by atomic mass is 16.5. The van der Waals surface area contributed by atoms with Crippen LogP contribution in [0.3, 0.4) is 0 Å². The molecular formula is C21H23N3O5. The Labute approximate surface area is 168 Å². The zero-order chi connectivity index (χ0) is 21.3. The number of carbonyl (C=O) groups excluding carboxylic acids is 4. The number of urea groups is 1. The van der Waals surface area contributed by atoms with Gasteiger partial charge in [-0.15, -0.1) is 0 Å². The molecule has 3 rings (SSSR count). The van der Waals surface area contributed by atoms with Gasteiger partial charge < -0.3 is 9.72 Å². The number of nitrogens with one attached hydrogen (secondary N) is 1. The number of rotatable bonds is 6. The molecule has 1 aliphatic heterocycles. The van der Waals surface area contributed by atoms with Crippen LogP contribution in [0.2, 0.25) is 0 Å². The first-order valence-corrected chi connectivity index (χ1v) is 9.37. The third kappa shape index (κ3) is 3.53. The molecule has 8 heteroatoms. The van der Waals surface area contributed by atoms with E-state index in [9.17, 15) is 19.2 Å². The normalized spacial score (nSPS) is 16.5. The van der Waals surface area contributed by atoms with Gasteiger partial charge in [-0.1, -0.05) is 18.2 Å². The number of aromatic nitrogens is 1. The molecule has 0 bridgehead atoms. The quantitative estimate of drug-likeness (QED) is 0.459. The molecule has 0 radical (unpaired) electrons. The predicted molar refractivity (Wildman–Crippen MR) is 106 cm³/mol. The van der Waals surface area contributed by atoms with E-state index in [1.54, 1.807) is 52.0 Å². The highest BCUT2D eigenvalue weighted by Crippen LogP contribution is 2.26. The molecule has 0 spiro atoms. The van der Waals surface area contributed by atoms with Crippen molar-refractivity contribution in [1.29, 1.82) is 0 Å². The smallest absolute Gasteiger partial charge is 0.355 e. The molecule has 1 aliphatic rings. The number of H-pyrrole nitrogens is 1. The number of anilines is 1. The highest BCUT2D eigenvalue weighted by molar-refractivity contribution is 6.17. The molecule has 1 aromatic heterocycles. The van der Waals surface area contributed by atoms with Crippen molar-refractivity contribution in [1.82, 2.24) is 9.88 Å². The molecule has 1 aromatic carbocycles. The van der Waals surface area contributed by atoms with Crippen LogP contribution < -0.4 is 4.90 Å². The van der Waals surface area contributed by atoms with Crippen molar-refractivity contribution < 1.29 is 23.9 Å². The van der Waals surface area contributed by atoms with E-state index in [-0.39, 0.29) is 12.3 Å². The summed E-state index contributed by atoms with van der Waals surface area (Å²) in [6.45, 7) is 6.43. The van der Waals surface area contributed by atoms with E-state index in [0.717, 1.165) is 4.90 Å². The van der Waals surface area contributed by atoms with Crippen molar-refractivity contribution in [3.05, 3.63) is 52.8 Å². The second-order valence-electron chi connectivity index (χ2n) is 6.86. The third-order valence-corrected chi connectivity index (χ3v) is 4.98. The zero-order valence-electron chi connectivity index (χ0n) is 16.8. The Morgan fingerprint density at radius 1 is 1.14 bits per heavy atom. The van der Waals surface area contributed by atoms with E-state index in [2.05, 4.69) is 4.98 Å². The van der Waals surface area contributed by atoms with Gasteiger partial charge in [0.15, 0.2) is 5.78 Å². The Morgan fingerprint density at radius 2 is 1.79 bits per heavy atom. The van der Waals surface area contributed by atoms with Gasteiger partial charge in [0.25, 0.3) is 5.91 Å². The van der Waals surface area contributed by atoms with Gasteiger partial charge in [-0.2, -0.15) is 0 Å². The van der Waals surface area contributed by atoms with Crippen molar-refractivity contribution >= 4 is 29.4 Å². The number of ketones is 1. The fraction of sp³-hybridized carbons (Fsp3) is 0.333. The maximum Gasteiger partial charge on any atom is 0.355 e. The van der Waals surface area contributed by atoms with Crippen LogP contribution in [0.4, 0.5) is 10.5 Å². The van der Waals surface area contributed by atoms with Gasteiger partial charge in [0.1, 0.15) is 11.7 Å². The molecule has 8 nitrogen and oxygen atoms in total.